The first kappa shape index (κ1) is 16.7. The number of anilines is 2. The second kappa shape index (κ2) is 7.03. The van der Waals surface area contributed by atoms with Gasteiger partial charge in [0.25, 0.3) is 0 Å². The largest absolute Gasteiger partial charge is 0.332 e. The minimum Gasteiger partial charge on any atom is -0.332 e. The first-order valence-electron chi connectivity index (χ1n) is 5.85. The van der Waals surface area contributed by atoms with Gasteiger partial charge in [-0.2, -0.15) is 0 Å². The predicted octanol–water partition coefficient (Wildman–Crippen LogP) is 6.42. The monoisotopic (exact) mass is 378 g/mol. The molecule has 0 aliphatic rings. The third kappa shape index (κ3) is 4.38. The fourth-order valence-electron chi connectivity index (χ4n) is 1.67. The van der Waals surface area contributed by atoms with Crippen molar-refractivity contribution in [1.29, 1.82) is 0 Å². The molecule has 0 bridgehead atoms. The molecule has 0 atom stereocenters. The van der Waals surface area contributed by atoms with Crippen LogP contribution in [-0.4, -0.2) is 5.11 Å². The van der Waals surface area contributed by atoms with Crippen LogP contribution in [0.1, 0.15) is 5.56 Å². The van der Waals surface area contributed by atoms with E-state index in [1.165, 1.54) is 0 Å². The molecule has 0 fully saturated rings. The lowest BCUT2D eigenvalue weighted by molar-refractivity contribution is 1.46. The third-order valence-corrected chi connectivity index (χ3v) is 4.09. The second-order valence-electron chi connectivity index (χ2n) is 4.29. The maximum atomic E-state index is 6.22. The lowest BCUT2D eigenvalue weighted by atomic mass is 10.2. The van der Waals surface area contributed by atoms with E-state index in [1.54, 1.807) is 24.3 Å². The minimum absolute atomic E-state index is 0.336. The minimum atomic E-state index is 0.336. The van der Waals surface area contributed by atoms with E-state index in [4.69, 9.17) is 58.6 Å². The molecule has 0 saturated heterocycles. The van der Waals surface area contributed by atoms with Crippen molar-refractivity contribution in [3.05, 3.63) is 56.0 Å². The van der Waals surface area contributed by atoms with E-state index in [0.29, 0.717) is 36.6 Å². The topological polar surface area (TPSA) is 24.1 Å². The van der Waals surface area contributed by atoms with Gasteiger partial charge in [-0.3, -0.25) is 0 Å². The Morgan fingerprint density at radius 1 is 0.952 bits per heavy atom. The molecule has 0 aliphatic heterocycles. The van der Waals surface area contributed by atoms with Crippen LogP contribution in [0.2, 0.25) is 20.1 Å². The highest BCUT2D eigenvalue weighted by Crippen LogP contribution is 2.33. The average molecular weight is 380 g/mol. The quantitative estimate of drug-likeness (QED) is 0.588. The van der Waals surface area contributed by atoms with Crippen molar-refractivity contribution in [3.8, 4) is 0 Å². The van der Waals surface area contributed by atoms with Gasteiger partial charge < -0.3 is 10.6 Å². The molecule has 0 aliphatic carbocycles. The Bertz CT molecular complexity index is 683. The normalized spacial score (nSPS) is 10.3. The summed E-state index contributed by atoms with van der Waals surface area (Å²) >= 11 is 29.5. The van der Waals surface area contributed by atoms with Crippen molar-refractivity contribution in [2.75, 3.05) is 10.6 Å². The van der Waals surface area contributed by atoms with E-state index >= 15 is 0 Å². The van der Waals surface area contributed by atoms with Gasteiger partial charge in [0.1, 0.15) is 0 Å². The standard InChI is InChI=1S/C14H10Cl4N2S/c1-7-2-3-11(17)13(12(7)18)20-14(21)19-10-5-8(15)4-9(16)6-10/h2-6H,1H3,(H2,19,20,21). The Morgan fingerprint density at radius 2 is 1.57 bits per heavy atom. The van der Waals surface area contributed by atoms with Gasteiger partial charge in [0, 0.05) is 15.7 Å². The first-order valence-corrected chi connectivity index (χ1v) is 7.77. The lowest BCUT2D eigenvalue weighted by Gasteiger charge is -2.14. The predicted molar refractivity (Wildman–Crippen MR) is 97.5 cm³/mol. The molecular formula is C14H10Cl4N2S. The number of rotatable bonds is 2. The van der Waals surface area contributed by atoms with Crippen molar-refractivity contribution in [2.24, 2.45) is 0 Å². The van der Waals surface area contributed by atoms with Crippen LogP contribution in [0.3, 0.4) is 0 Å². The Morgan fingerprint density at radius 3 is 2.19 bits per heavy atom. The third-order valence-electron chi connectivity index (χ3n) is 2.64. The van der Waals surface area contributed by atoms with Crippen LogP contribution >= 0.6 is 58.6 Å². The molecule has 2 rings (SSSR count). The fourth-order valence-corrected chi connectivity index (χ4v) is 2.88. The van der Waals surface area contributed by atoms with E-state index in [-0.39, 0.29) is 0 Å². The molecule has 0 saturated carbocycles. The van der Waals surface area contributed by atoms with Gasteiger partial charge in [0.2, 0.25) is 0 Å². The fraction of sp³-hybridized carbons (Fsp3) is 0.0714. The first-order chi connectivity index (χ1) is 9.86. The molecule has 0 unspecified atom stereocenters. The Kier molecular flexibility index (Phi) is 5.58. The van der Waals surface area contributed by atoms with Gasteiger partial charge in [-0.1, -0.05) is 52.5 Å². The van der Waals surface area contributed by atoms with Gasteiger partial charge >= 0.3 is 0 Å². The second-order valence-corrected chi connectivity index (χ2v) is 6.36. The molecule has 21 heavy (non-hydrogen) atoms. The zero-order chi connectivity index (χ0) is 15.6. The number of benzene rings is 2. The molecule has 0 spiro atoms. The summed E-state index contributed by atoms with van der Waals surface area (Å²) in [5.74, 6) is 0. The maximum absolute atomic E-state index is 6.22. The summed E-state index contributed by atoms with van der Waals surface area (Å²) in [5.41, 5.74) is 2.13. The van der Waals surface area contributed by atoms with E-state index in [0.717, 1.165) is 5.56 Å². The molecule has 2 N–H and O–H groups in total. The maximum Gasteiger partial charge on any atom is 0.175 e. The Labute approximate surface area is 148 Å². The number of halogens is 4. The van der Waals surface area contributed by atoms with Gasteiger partial charge in [-0.05, 0) is 49.0 Å². The highest BCUT2D eigenvalue weighted by Gasteiger charge is 2.10. The van der Waals surface area contributed by atoms with Crippen molar-refractivity contribution in [2.45, 2.75) is 6.92 Å². The van der Waals surface area contributed by atoms with Crippen LogP contribution in [0.15, 0.2) is 30.3 Å². The number of thiocarbonyl (C=S) groups is 1. The van der Waals surface area contributed by atoms with Crippen molar-refractivity contribution in [3.63, 3.8) is 0 Å². The zero-order valence-electron chi connectivity index (χ0n) is 10.8. The van der Waals surface area contributed by atoms with Crippen LogP contribution in [0.25, 0.3) is 0 Å². The van der Waals surface area contributed by atoms with Gasteiger partial charge in [0.05, 0.1) is 15.7 Å². The van der Waals surface area contributed by atoms with E-state index in [2.05, 4.69) is 10.6 Å². The van der Waals surface area contributed by atoms with Crippen LogP contribution in [0, 0.1) is 6.92 Å². The summed E-state index contributed by atoms with van der Waals surface area (Å²) in [7, 11) is 0. The van der Waals surface area contributed by atoms with Gasteiger partial charge in [0.15, 0.2) is 5.11 Å². The van der Waals surface area contributed by atoms with Crippen molar-refractivity contribution < 1.29 is 0 Å². The van der Waals surface area contributed by atoms with Gasteiger partial charge in [-0.15, -0.1) is 0 Å². The molecule has 2 aromatic carbocycles. The van der Waals surface area contributed by atoms with Crippen LogP contribution < -0.4 is 10.6 Å². The summed E-state index contributed by atoms with van der Waals surface area (Å²) in [4.78, 5) is 0. The van der Waals surface area contributed by atoms with Crippen molar-refractivity contribution >= 4 is 75.1 Å². The summed E-state index contributed by atoms with van der Waals surface area (Å²) in [6.45, 7) is 1.89. The Hall–Kier alpha value is -0.710. The average Bonchev–Trinajstić information content (AvgIpc) is 2.38. The molecular weight excluding hydrogens is 370 g/mol. The molecule has 2 nitrogen and oxygen atoms in total. The molecule has 7 heteroatoms. The van der Waals surface area contributed by atoms with E-state index < -0.39 is 0 Å². The smallest absolute Gasteiger partial charge is 0.175 e. The van der Waals surface area contributed by atoms with Crippen LogP contribution in [-0.2, 0) is 0 Å². The van der Waals surface area contributed by atoms with Crippen molar-refractivity contribution in [1.82, 2.24) is 0 Å². The van der Waals surface area contributed by atoms with Crippen LogP contribution in [0.4, 0.5) is 11.4 Å². The SMILES string of the molecule is Cc1ccc(Cl)c(NC(=S)Nc2cc(Cl)cc(Cl)c2)c1Cl. The van der Waals surface area contributed by atoms with Gasteiger partial charge in [-0.25, -0.2) is 0 Å². The molecule has 0 aromatic heterocycles. The number of nitrogens with one attached hydrogen (secondary N) is 2. The summed E-state index contributed by atoms with van der Waals surface area (Å²) in [6.07, 6.45) is 0. The zero-order valence-corrected chi connectivity index (χ0v) is 14.6. The summed E-state index contributed by atoms with van der Waals surface area (Å²) < 4.78 is 0. The molecule has 0 amide bonds. The number of aryl methyl sites for hydroxylation is 1. The highest BCUT2D eigenvalue weighted by molar-refractivity contribution is 7.80. The summed E-state index contributed by atoms with van der Waals surface area (Å²) in [6, 6.07) is 8.65. The van der Waals surface area contributed by atoms with E-state index in [9.17, 15) is 0 Å². The molecule has 110 valence electrons. The summed E-state index contributed by atoms with van der Waals surface area (Å²) in [5, 5.41) is 8.33. The van der Waals surface area contributed by atoms with E-state index in [1.807, 2.05) is 13.0 Å². The number of hydrogen-bond acceptors (Lipinski definition) is 1. The number of hydrogen-bond donors (Lipinski definition) is 2. The molecule has 0 radical (unpaired) electrons. The lowest BCUT2D eigenvalue weighted by Crippen LogP contribution is -2.19. The Balaban J connectivity index is 2.17. The molecule has 0 heterocycles. The highest BCUT2D eigenvalue weighted by atomic mass is 35.5. The molecule has 2 aromatic rings. The van der Waals surface area contributed by atoms with Crippen LogP contribution in [0.5, 0.6) is 0 Å².